The van der Waals surface area contributed by atoms with Crippen LogP contribution in [-0.2, 0) is 6.54 Å². The Morgan fingerprint density at radius 3 is 2.66 bits per heavy atom. The standard InChI is InChI=1S/C21H12AsFN4O2/c22-20-18-21(25-10-24-20)27(11-26-18)9-16-17(12-5-7-13(23)8-6-12)19(28)14-3-1-2-4-15(14)29-16/h1-8,10-11H,9H2. The van der Waals surface area contributed by atoms with E-state index < -0.39 is 0 Å². The molecule has 0 amide bonds. The molecule has 0 spiro atoms. The maximum atomic E-state index is 13.4. The van der Waals surface area contributed by atoms with Gasteiger partial charge in [-0.3, -0.25) is 0 Å². The van der Waals surface area contributed by atoms with Crippen molar-refractivity contribution in [3.8, 4) is 11.1 Å². The summed E-state index contributed by atoms with van der Waals surface area (Å²) < 4.78 is 22.1. The molecule has 8 heteroatoms. The molecule has 5 aromatic rings. The molecule has 0 aliphatic carbocycles. The third kappa shape index (κ3) is 3.04. The first-order chi connectivity index (χ1) is 14.1. The van der Waals surface area contributed by atoms with Crippen molar-refractivity contribution in [3.05, 3.63) is 83.0 Å². The molecule has 0 fully saturated rings. The number of imidazole rings is 1. The molecule has 5 rings (SSSR count). The van der Waals surface area contributed by atoms with Gasteiger partial charge in [-0.15, -0.1) is 0 Å². The number of halogens is 1. The first-order valence-electron chi connectivity index (χ1n) is 8.77. The first-order valence-corrected chi connectivity index (χ1v) is 9.71. The van der Waals surface area contributed by atoms with Crippen LogP contribution in [0.4, 0.5) is 4.39 Å². The van der Waals surface area contributed by atoms with Crippen molar-refractivity contribution in [2.45, 2.75) is 6.54 Å². The Morgan fingerprint density at radius 2 is 1.83 bits per heavy atom. The van der Waals surface area contributed by atoms with Crippen molar-refractivity contribution in [2.24, 2.45) is 0 Å². The fourth-order valence-corrected chi connectivity index (χ4v) is 3.79. The molecule has 6 nitrogen and oxygen atoms in total. The third-order valence-corrected chi connectivity index (χ3v) is 5.39. The van der Waals surface area contributed by atoms with E-state index in [-0.39, 0.29) is 17.8 Å². The topological polar surface area (TPSA) is 73.8 Å². The van der Waals surface area contributed by atoms with Gasteiger partial charge in [0.1, 0.15) is 0 Å². The summed E-state index contributed by atoms with van der Waals surface area (Å²) in [6.45, 7) is 0.243. The molecule has 0 aliphatic rings. The van der Waals surface area contributed by atoms with Crippen LogP contribution < -0.4 is 9.91 Å². The maximum absolute atomic E-state index is 13.4. The van der Waals surface area contributed by atoms with Gasteiger partial charge in [0, 0.05) is 0 Å². The second kappa shape index (κ2) is 6.94. The monoisotopic (exact) mass is 446 g/mol. The van der Waals surface area contributed by atoms with Crippen molar-refractivity contribution in [3.63, 3.8) is 0 Å². The molecular weight excluding hydrogens is 434 g/mol. The second-order valence-electron chi connectivity index (χ2n) is 6.47. The van der Waals surface area contributed by atoms with Gasteiger partial charge < -0.3 is 0 Å². The zero-order valence-electron chi connectivity index (χ0n) is 14.9. The van der Waals surface area contributed by atoms with Crippen LogP contribution >= 0.6 is 0 Å². The Balaban J connectivity index is 1.75. The van der Waals surface area contributed by atoms with Gasteiger partial charge in [0.15, 0.2) is 0 Å². The predicted molar refractivity (Wildman–Crippen MR) is 108 cm³/mol. The van der Waals surface area contributed by atoms with E-state index in [9.17, 15) is 9.18 Å². The fraction of sp³-hybridized carbons (Fsp3) is 0.0476. The molecule has 0 unspecified atom stereocenters. The Morgan fingerprint density at radius 1 is 1.03 bits per heavy atom. The summed E-state index contributed by atoms with van der Waals surface area (Å²) in [7, 11) is 0. The Hall–Kier alpha value is -3.31. The molecule has 0 N–H and O–H groups in total. The number of aromatic nitrogens is 4. The first kappa shape index (κ1) is 17.8. The minimum atomic E-state index is -0.369. The number of nitrogens with zero attached hydrogens (tertiary/aromatic N) is 4. The van der Waals surface area contributed by atoms with Gasteiger partial charge in [0.2, 0.25) is 0 Å². The summed E-state index contributed by atoms with van der Waals surface area (Å²) in [5.41, 5.74) is 2.61. The van der Waals surface area contributed by atoms with Crippen LogP contribution in [0, 0.1) is 5.82 Å². The van der Waals surface area contributed by atoms with Crippen LogP contribution in [0.25, 0.3) is 33.3 Å². The summed E-state index contributed by atoms with van der Waals surface area (Å²) in [6, 6.07) is 12.9. The van der Waals surface area contributed by atoms with Gasteiger partial charge in [-0.2, -0.15) is 0 Å². The molecular formula is C21H12AsFN4O2. The molecule has 140 valence electrons. The zero-order valence-corrected chi connectivity index (χ0v) is 16.8. The normalized spacial score (nSPS) is 11.4. The predicted octanol–water partition coefficient (Wildman–Crippen LogP) is 2.58. The van der Waals surface area contributed by atoms with E-state index in [4.69, 9.17) is 4.42 Å². The SMILES string of the molecule is O=c1c(-c2ccc(F)cc2)c(Cn2cnc3c([As])ncnc32)oc2ccccc12. The van der Waals surface area contributed by atoms with E-state index in [1.165, 1.54) is 18.5 Å². The van der Waals surface area contributed by atoms with E-state index in [2.05, 4.69) is 31.8 Å². The van der Waals surface area contributed by atoms with Crippen molar-refractivity contribution in [1.82, 2.24) is 19.5 Å². The number of para-hydroxylation sites is 1. The van der Waals surface area contributed by atoms with E-state index in [1.54, 1.807) is 41.2 Å². The average Bonchev–Trinajstić information content (AvgIpc) is 3.14. The summed E-state index contributed by atoms with van der Waals surface area (Å²) in [5, 5.41) is 0.474. The van der Waals surface area contributed by atoms with Crippen LogP contribution in [0.15, 0.2) is 70.4 Å². The van der Waals surface area contributed by atoms with Gasteiger partial charge in [-0.1, -0.05) is 0 Å². The summed E-state index contributed by atoms with van der Waals surface area (Å²) in [4.78, 5) is 26.1. The van der Waals surface area contributed by atoms with E-state index in [0.717, 1.165) is 0 Å². The molecule has 0 atom stereocenters. The molecule has 0 saturated carbocycles. The van der Waals surface area contributed by atoms with Gasteiger partial charge >= 0.3 is 172 Å². The summed E-state index contributed by atoms with van der Waals surface area (Å²) in [5.74, 6) is 0.0803. The van der Waals surface area contributed by atoms with Gasteiger partial charge in [-0.25, -0.2) is 0 Å². The van der Waals surface area contributed by atoms with Gasteiger partial charge in [0.05, 0.1) is 0 Å². The molecule has 2 aromatic carbocycles. The van der Waals surface area contributed by atoms with Gasteiger partial charge in [0.25, 0.3) is 0 Å². The number of rotatable bonds is 3. The van der Waals surface area contributed by atoms with E-state index in [1.807, 2.05) is 6.07 Å². The van der Waals surface area contributed by atoms with Crippen LogP contribution in [0.5, 0.6) is 0 Å². The van der Waals surface area contributed by atoms with Crippen molar-refractivity contribution < 1.29 is 8.81 Å². The van der Waals surface area contributed by atoms with Crippen molar-refractivity contribution in [2.75, 3.05) is 0 Å². The molecule has 0 bridgehead atoms. The van der Waals surface area contributed by atoms with Crippen LogP contribution in [0.1, 0.15) is 5.76 Å². The van der Waals surface area contributed by atoms with Crippen LogP contribution in [-0.4, -0.2) is 36.4 Å². The Labute approximate surface area is 172 Å². The van der Waals surface area contributed by atoms with Crippen molar-refractivity contribution in [1.29, 1.82) is 0 Å². The third-order valence-electron chi connectivity index (χ3n) is 4.70. The number of hydrogen-bond donors (Lipinski definition) is 0. The summed E-state index contributed by atoms with van der Waals surface area (Å²) in [6.07, 6.45) is 3.10. The number of fused-ring (bicyclic) bond motifs is 2. The molecule has 29 heavy (non-hydrogen) atoms. The van der Waals surface area contributed by atoms with E-state index >= 15 is 0 Å². The molecule has 3 heterocycles. The number of hydrogen-bond acceptors (Lipinski definition) is 5. The van der Waals surface area contributed by atoms with Gasteiger partial charge in [-0.05, 0) is 0 Å². The average molecular weight is 446 g/mol. The Kier molecular flexibility index (Phi) is 4.25. The van der Waals surface area contributed by atoms with E-state index in [0.29, 0.717) is 43.5 Å². The molecule has 0 saturated heterocycles. The molecule has 3 aromatic heterocycles. The minimum absolute atomic E-state index is 0.166. The fourth-order valence-electron chi connectivity index (χ4n) is 3.35. The second-order valence-corrected chi connectivity index (χ2v) is 7.36. The number of benzene rings is 2. The quantitative estimate of drug-likeness (QED) is 0.399. The Bertz CT molecular complexity index is 1430. The van der Waals surface area contributed by atoms with Crippen LogP contribution in [0.3, 0.4) is 0 Å². The zero-order chi connectivity index (χ0) is 20.0. The molecule has 0 aliphatic heterocycles. The van der Waals surface area contributed by atoms with Crippen LogP contribution in [0.2, 0.25) is 0 Å². The van der Waals surface area contributed by atoms with Crippen molar-refractivity contribution >= 4 is 43.5 Å². The summed E-state index contributed by atoms with van der Waals surface area (Å²) >= 11 is 2.36. The molecule has 2 radical (unpaired) electrons.